The molecule has 1 aliphatic heterocycles. The number of nitrogens with zero attached hydrogens (tertiary/aromatic N) is 4. The SMILES string of the molecule is Cc1cc(CN2CCCCC2C(C)O)ccc1-n1cncn1. The minimum absolute atomic E-state index is 0.268. The Labute approximate surface area is 131 Å². The maximum absolute atomic E-state index is 9.99. The molecule has 5 nitrogen and oxygen atoms in total. The second kappa shape index (κ2) is 6.58. The maximum atomic E-state index is 9.99. The molecule has 2 atom stereocenters. The molecule has 1 fully saturated rings. The molecule has 0 radical (unpaired) electrons. The number of aryl methyl sites for hydroxylation is 1. The Morgan fingerprint density at radius 3 is 2.91 bits per heavy atom. The molecule has 1 N–H and O–H groups in total. The van der Waals surface area contributed by atoms with Crippen molar-refractivity contribution in [2.45, 2.75) is 51.8 Å². The average Bonchev–Trinajstić information content (AvgIpc) is 3.02. The Balaban J connectivity index is 1.76. The number of likely N-dealkylation sites (tertiary alicyclic amines) is 1. The monoisotopic (exact) mass is 300 g/mol. The summed E-state index contributed by atoms with van der Waals surface area (Å²) in [6, 6.07) is 6.74. The number of aromatic nitrogens is 3. The minimum atomic E-state index is -0.268. The molecule has 0 bridgehead atoms. The van der Waals surface area contributed by atoms with E-state index in [1.807, 2.05) is 6.92 Å². The molecule has 1 saturated heterocycles. The molecule has 1 aromatic carbocycles. The third-order valence-corrected chi connectivity index (χ3v) is 4.53. The fraction of sp³-hybridized carbons (Fsp3) is 0.529. The molecule has 3 rings (SSSR count). The molecule has 2 aromatic rings. The van der Waals surface area contributed by atoms with E-state index in [0.717, 1.165) is 25.2 Å². The van der Waals surface area contributed by atoms with Gasteiger partial charge in [-0.05, 0) is 50.4 Å². The van der Waals surface area contributed by atoms with E-state index in [1.165, 1.54) is 24.0 Å². The van der Waals surface area contributed by atoms with E-state index in [9.17, 15) is 5.11 Å². The Bertz CT molecular complexity index is 609. The first-order valence-electron chi connectivity index (χ1n) is 8.02. The second-order valence-electron chi connectivity index (χ2n) is 6.24. The van der Waals surface area contributed by atoms with Crippen molar-refractivity contribution in [2.24, 2.45) is 0 Å². The van der Waals surface area contributed by atoms with Gasteiger partial charge in [0.25, 0.3) is 0 Å². The molecule has 0 amide bonds. The van der Waals surface area contributed by atoms with Crippen LogP contribution in [0, 0.1) is 6.92 Å². The zero-order valence-corrected chi connectivity index (χ0v) is 13.3. The predicted molar refractivity (Wildman–Crippen MR) is 85.8 cm³/mol. The van der Waals surface area contributed by atoms with Gasteiger partial charge in [0.1, 0.15) is 12.7 Å². The van der Waals surface area contributed by atoms with Crippen molar-refractivity contribution >= 4 is 0 Å². The van der Waals surface area contributed by atoms with Crippen LogP contribution >= 0.6 is 0 Å². The summed E-state index contributed by atoms with van der Waals surface area (Å²) in [5.74, 6) is 0. The van der Waals surface area contributed by atoms with Crippen LogP contribution in [0.1, 0.15) is 37.3 Å². The molecule has 0 aliphatic carbocycles. The smallest absolute Gasteiger partial charge is 0.138 e. The van der Waals surface area contributed by atoms with Crippen molar-refractivity contribution in [1.82, 2.24) is 19.7 Å². The molecular weight excluding hydrogens is 276 g/mol. The second-order valence-corrected chi connectivity index (χ2v) is 6.24. The van der Waals surface area contributed by atoms with Crippen molar-refractivity contribution in [2.75, 3.05) is 6.54 Å². The normalized spacial score (nSPS) is 21.0. The Kier molecular flexibility index (Phi) is 4.55. The summed E-state index contributed by atoms with van der Waals surface area (Å²) >= 11 is 0. The van der Waals surface area contributed by atoms with Crippen molar-refractivity contribution in [1.29, 1.82) is 0 Å². The highest BCUT2D eigenvalue weighted by Gasteiger charge is 2.26. The van der Waals surface area contributed by atoms with Crippen LogP contribution in [0.3, 0.4) is 0 Å². The molecule has 2 unspecified atom stereocenters. The zero-order valence-electron chi connectivity index (χ0n) is 13.3. The van der Waals surface area contributed by atoms with Crippen LogP contribution in [0.25, 0.3) is 5.69 Å². The van der Waals surface area contributed by atoms with E-state index in [0.29, 0.717) is 0 Å². The molecule has 1 aromatic heterocycles. The maximum Gasteiger partial charge on any atom is 0.138 e. The first kappa shape index (κ1) is 15.2. The van der Waals surface area contributed by atoms with Crippen LogP contribution in [-0.2, 0) is 6.54 Å². The van der Waals surface area contributed by atoms with Crippen molar-refractivity contribution in [3.63, 3.8) is 0 Å². The lowest BCUT2D eigenvalue weighted by molar-refractivity contribution is 0.0317. The number of aliphatic hydroxyl groups is 1. The van der Waals surface area contributed by atoms with E-state index in [-0.39, 0.29) is 12.1 Å². The molecule has 5 heteroatoms. The van der Waals surface area contributed by atoms with Crippen LogP contribution in [-0.4, -0.2) is 43.5 Å². The Morgan fingerprint density at radius 2 is 2.23 bits per heavy atom. The first-order chi connectivity index (χ1) is 10.6. The number of rotatable bonds is 4. The summed E-state index contributed by atoms with van der Waals surface area (Å²) < 4.78 is 1.79. The molecule has 22 heavy (non-hydrogen) atoms. The van der Waals surface area contributed by atoms with Gasteiger partial charge in [-0.25, -0.2) is 9.67 Å². The van der Waals surface area contributed by atoms with Gasteiger partial charge in [-0.2, -0.15) is 5.10 Å². The number of aliphatic hydroxyl groups excluding tert-OH is 1. The minimum Gasteiger partial charge on any atom is -0.392 e. The van der Waals surface area contributed by atoms with Gasteiger partial charge in [0.2, 0.25) is 0 Å². The van der Waals surface area contributed by atoms with Crippen molar-refractivity contribution in [3.05, 3.63) is 42.0 Å². The Morgan fingerprint density at radius 1 is 1.36 bits per heavy atom. The molecule has 2 heterocycles. The molecule has 0 saturated carbocycles. The molecule has 118 valence electrons. The summed E-state index contributed by atoms with van der Waals surface area (Å²) in [6.45, 7) is 5.97. The third-order valence-electron chi connectivity index (χ3n) is 4.53. The van der Waals surface area contributed by atoms with Crippen LogP contribution in [0.4, 0.5) is 0 Å². The standard InChI is InChI=1S/C17H24N4O/c1-13-9-15(6-7-16(13)21-12-18-11-19-21)10-20-8-4-3-5-17(20)14(2)22/h6-7,9,11-12,14,17,22H,3-5,8,10H2,1-2H3. The first-order valence-corrected chi connectivity index (χ1v) is 8.02. The fourth-order valence-electron chi connectivity index (χ4n) is 3.40. The van der Waals surface area contributed by atoms with E-state index in [1.54, 1.807) is 17.3 Å². The highest BCUT2D eigenvalue weighted by atomic mass is 16.3. The lowest BCUT2D eigenvalue weighted by Gasteiger charge is -2.37. The predicted octanol–water partition coefficient (Wildman–Crippen LogP) is 2.31. The van der Waals surface area contributed by atoms with Gasteiger partial charge in [0, 0.05) is 12.6 Å². The molecule has 1 aliphatic rings. The summed E-state index contributed by atoms with van der Waals surface area (Å²) in [6.07, 6.45) is 6.53. The van der Waals surface area contributed by atoms with E-state index < -0.39 is 0 Å². The van der Waals surface area contributed by atoms with Gasteiger partial charge < -0.3 is 5.11 Å². The summed E-state index contributed by atoms with van der Waals surface area (Å²) in [5, 5.41) is 14.2. The summed E-state index contributed by atoms with van der Waals surface area (Å²) in [4.78, 5) is 6.42. The number of hydrogen-bond acceptors (Lipinski definition) is 4. The van der Waals surface area contributed by atoms with Gasteiger partial charge in [-0.3, -0.25) is 4.90 Å². The van der Waals surface area contributed by atoms with Crippen LogP contribution in [0.5, 0.6) is 0 Å². The molecule has 0 spiro atoms. The lowest BCUT2D eigenvalue weighted by atomic mass is 9.97. The van der Waals surface area contributed by atoms with E-state index in [2.05, 4.69) is 40.1 Å². The summed E-state index contributed by atoms with van der Waals surface area (Å²) in [5.41, 5.74) is 3.54. The van der Waals surface area contributed by atoms with Crippen LogP contribution < -0.4 is 0 Å². The quantitative estimate of drug-likeness (QED) is 0.941. The largest absolute Gasteiger partial charge is 0.392 e. The van der Waals surface area contributed by atoms with Gasteiger partial charge in [0.05, 0.1) is 11.8 Å². The number of hydrogen-bond donors (Lipinski definition) is 1. The van der Waals surface area contributed by atoms with Crippen molar-refractivity contribution in [3.8, 4) is 5.69 Å². The van der Waals surface area contributed by atoms with E-state index >= 15 is 0 Å². The number of benzene rings is 1. The van der Waals surface area contributed by atoms with E-state index in [4.69, 9.17) is 0 Å². The average molecular weight is 300 g/mol. The topological polar surface area (TPSA) is 54.2 Å². The van der Waals surface area contributed by atoms with Crippen LogP contribution in [0.2, 0.25) is 0 Å². The third kappa shape index (κ3) is 3.20. The lowest BCUT2D eigenvalue weighted by Crippen LogP contribution is -2.45. The molecular formula is C17H24N4O. The van der Waals surface area contributed by atoms with Gasteiger partial charge >= 0.3 is 0 Å². The van der Waals surface area contributed by atoms with Crippen molar-refractivity contribution < 1.29 is 5.11 Å². The van der Waals surface area contributed by atoms with Gasteiger partial charge in [0.15, 0.2) is 0 Å². The van der Waals surface area contributed by atoms with Crippen LogP contribution in [0.15, 0.2) is 30.9 Å². The summed E-state index contributed by atoms with van der Waals surface area (Å²) in [7, 11) is 0. The van der Waals surface area contributed by atoms with Gasteiger partial charge in [-0.15, -0.1) is 0 Å². The number of piperidine rings is 1. The van der Waals surface area contributed by atoms with Gasteiger partial charge in [-0.1, -0.05) is 18.6 Å². The highest BCUT2D eigenvalue weighted by molar-refractivity contribution is 5.41. The highest BCUT2D eigenvalue weighted by Crippen LogP contribution is 2.23. The Hall–Kier alpha value is -1.72. The fourth-order valence-corrected chi connectivity index (χ4v) is 3.40. The zero-order chi connectivity index (χ0) is 15.5.